The number of anilines is 1. The maximum absolute atomic E-state index is 11.7. The smallest absolute Gasteiger partial charge is 0.240 e. The van der Waals surface area contributed by atoms with Crippen molar-refractivity contribution in [2.75, 3.05) is 5.32 Å². The molecule has 0 unspecified atom stereocenters. The summed E-state index contributed by atoms with van der Waals surface area (Å²) in [7, 11) is 0. The molecule has 6 nitrogen and oxygen atoms in total. The normalized spacial score (nSPS) is 10.6. The summed E-state index contributed by atoms with van der Waals surface area (Å²) in [5, 5.41) is 13.5. The van der Waals surface area contributed by atoms with Crippen LogP contribution < -0.4 is 10.6 Å². The van der Waals surface area contributed by atoms with Crippen molar-refractivity contribution in [2.45, 2.75) is 33.0 Å². The molecule has 0 atom stereocenters. The van der Waals surface area contributed by atoms with E-state index in [-0.39, 0.29) is 12.5 Å². The van der Waals surface area contributed by atoms with Crippen LogP contribution in [0.15, 0.2) is 36.9 Å². The van der Waals surface area contributed by atoms with Crippen LogP contribution in [-0.4, -0.2) is 26.7 Å². The quantitative estimate of drug-likeness (QED) is 0.835. The van der Waals surface area contributed by atoms with Crippen molar-refractivity contribution in [3.63, 3.8) is 0 Å². The van der Waals surface area contributed by atoms with Crippen LogP contribution in [0.2, 0.25) is 0 Å². The Morgan fingerprint density at radius 3 is 2.45 bits per heavy atom. The Hall–Kier alpha value is -2.37. The Morgan fingerprint density at radius 1 is 1.20 bits per heavy atom. The average molecular weight is 273 g/mol. The van der Waals surface area contributed by atoms with Gasteiger partial charge >= 0.3 is 0 Å². The minimum Gasteiger partial charge on any atom is -0.383 e. The number of benzene rings is 1. The van der Waals surface area contributed by atoms with Crippen LogP contribution in [0, 0.1) is 0 Å². The van der Waals surface area contributed by atoms with Gasteiger partial charge in [0.25, 0.3) is 0 Å². The Bertz CT molecular complexity index is 533. The van der Waals surface area contributed by atoms with Gasteiger partial charge in [-0.3, -0.25) is 4.79 Å². The number of nitrogens with zero attached hydrogens (tertiary/aromatic N) is 3. The van der Waals surface area contributed by atoms with Crippen LogP contribution in [0.25, 0.3) is 0 Å². The molecule has 0 saturated carbocycles. The standard InChI is InChI=1S/C14H19N5O/c1-11(2)18-13-5-3-12(4-6-13)7-15-14(20)8-19-9-16-17-10-19/h3-6,9-11,18H,7-8H2,1-2H3,(H,15,20). The highest BCUT2D eigenvalue weighted by Crippen LogP contribution is 2.10. The molecule has 0 spiro atoms. The van der Waals surface area contributed by atoms with Gasteiger partial charge in [0.05, 0.1) is 0 Å². The second-order valence-electron chi connectivity index (χ2n) is 4.91. The van der Waals surface area contributed by atoms with E-state index in [1.807, 2.05) is 24.3 Å². The minimum atomic E-state index is -0.0609. The molecule has 0 aliphatic carbocycles. The van der Waals surface area contributed by atoms with E-state index in [1.165, 1.54) is 12.7 Å². The van der Waals surface area contributed by atoms with Crippen molar-refractivity contribution >= 4 is 11.6 Å². The molecule has 0 fully saturated rings. The Morgan fingerprint density at radius 2 is 1.85 bits per heavy atom. The van der Waals surface area contributed by atoms with E-state index >= 15 is 0 Å². The first-order valence-electron chi connectivity index (χ1n) is 6.58. The zero-order valence-corrected chi connectivity index (χ0v) is 11.7. The van der Waals surface area contributed by atoms with Gasteiger partial charge < -0.3 is 15.2 Å². The van der Waals surface area contributed by atoms with Crippen LogP contribution in [0.4, 0.5) is 5.69 Å². The summed E-state index contributed by atoms with van der Waals surface area (Å²) >= 11 is 0. The highest BCUT2D eigenvalue weighted by Gasteiger charge is 2.03. The summed E-state index contributed by atoms with van der Waals surface area (Å²) in [6.07, 6.45) is 3.04. The van der Waals surface area contributed by atoms with Gasteiger partial charge in [0.2, 0.25) is 5.91 Å². The van der Waals surface area contributed by atoms with Crippen molar-refractivity contribution < 1.29 is 4.79 Å². The highest BCUT2D eigenvalue weighted by molar-refractivity contribution is 5.75. The lowest BCUT2D eigenvalue weighted by molar-refractivity contribution is -0.121. The fourth-order valence-corrected chi connectivity index (χ4v) is 1.78. The van der Waals surface area contributed by atoms with Gasteiger partial charge in [0, 0.05) is 18.3 Å². The lowest BCUT2D eigenvalue weighted by Gasteiger charge is -2.11. The molecule has 0 saturated heterocycles. The zero-order valence-electron chi connectivity index (χ0n) is 11.7. The molecule has 6 heteroatoms. The number of carbonyl (C=O) groups excluding carboxylic acids is 1. The Labute approximate surface area is 118 Å². The molecule has 106 valence electrons. The predicted octanol–water partition coefficient (Wildman–Crippen LogP) is 1.41. The summed E-state index contributed by atoms with van der Waals surface area (Å²) in [6.45, 7) is 4.95. The molecular weight excluding hydrogens is 254 g/mol. The van der Waals surface area contributed by atoms with E-state index in [1.54, 1.807) is 4.57 Å². The van der Waals surface area contributed by atoms with Crippen molar-refractivity contribution in [3.8, 4) is 0 Å². The molecule has 0 aliphatic heterocycles. The number of rotatable bonds is 6. The van der Waals surface area contributed by atoms with Crippen molar-refractivity contribution in [1.29, 1.82) is 0 Å². The third-order valence-electron chi connectivity index (χ3n) is 2.69. The maximum atomic E-state index is 11.7. The van der Waals surface area contributed by atoms with E-state index in [4.69, 9.17) is 0 Å². The summed E-state index contributed by atoms with van der Waals surface area (Å²) in [6, 6.07) is 8.44. The zero-order chi connectivity index (χ0) is 14.4. The molecule has 2 rings (SSSR count). The first-order chi connectivity index (χ1) is 9.63. The van der Waals surface area contributed by atoms with Gasteiger partial charge in [0.1, 0.15) is 19.2 Å². The number of nitrogens with one attached hydrogen (secondary N) is 2. The maximum Gasteiger partial charge on any atom is 0.240 e. The average Bonchev–Trinajstić information content (AvgIpc) is 2.90. The number of aromatic nitrogens is 3. The first kappa shape index (κ1) is 14.0. The molecule has 0 bridgehead atoms. The van der Waals surface area contributed by atoms with E-state index in [9.17, 15) is 4.79 Å². The minimum absolute atomic E-state index is 0.0609. The molecule has 1 heterocycles. The number of hydrogen-bond acceptors (Lipinski definition) is 4. The molecule has 0 aliphatic rings. The van der Waals surface area contributed by atoms with Crippen LogP contribution >= 0.6 is 0 Å². The predicted molar refractivity (Wildman–Crippen MR) is 77.1 cm³/mol. The van der Waals surface area contributed by atoms with E-state index in [0.717, 1.165) is 11.3 Å². The number of carbonyl (C=O) groups is 1. The van der Waals surface area contributed by atoms with E-state index < -0.39 is 0 Å². The summed E-state index contributed by atoms with van der Waals surface area (Å²) < 4.78 is 1.63. The van der Waals surface area contributed by atoms with Gasteiger partial charge in [-0.1, -0.05) is 12.1 Å². The highest BCUT2D eigenvalue weighted by atomic mass is 16.1. The molecule has 1 amide bonds. The SMILES string of the molecule is CC(C)Nc1ccc(CNC(=O)Cn2cnnc2)cc1. The molecule has 0 radical (unpaired) electrons. The fourth-order valence-electron chi connectivity index (χ4n) is 1.78. The molecule has 20 heavy (non-hydrogen) atoms. The molecule has 2 N–H and O–H groups in total. The molecule has 1 aromatic heterocycles. The van der Waals surface area contributed by atoms with Gasteiger partial charge in [-0.25, -0.2) is 0 Å². The fraction of sp³-hybridized carbons (Fsp3) is 0.357. The van der Waals surface area contributed by atoms with Gasteiger partial charge in [-0.15, -0.1) is 10.2 Å². The third kappa shape index (κ3) is 4.38. The summed E-state index contributed by atoms with van der Waals surface area (Å²) in [4.78, 5) is 11.7. The van der Waals surface area contributed by atoms with Gasteiger partial charge in [-0.05, 0) is 31.5 Å². The molecule has 1 aromatic carbocycles. The molecule has 2 aromatic rings. The molecular formula is C14H19N5O. The first-order valence-corrected chi connectivity index (χ1v) is 6.58. The second-order valence-corrected chi connectivity index (χ2v) is 4.91. The van der Waals surface area contributed by atoms with E-state index in [2.05, 4.69) is 34.7 Å². The lowest BCUT2D eigenvalue weighted by atomic mass is 10.2. The third-order valence-corrected chi connectivity index (χ3v) is 2.69. The topological polar surface area (TPSA) is 71.8 Å². The van der Waals surface area contributed by atoms with Gasteiger partial charge in [-0.2, -0.15) is 0 Å². The van der Waals surface area contributed by atoms with E-state index in [0.29, 0.717) is 12.6 Å². The van der Waals surface area contributed by atoms with Crippen molar-refractivity contribution in [2.24, 2.45) is 0 Å². The largest absolute Gasteiger partial charge is 0.383 e. The van der Waals surface area contributed by atoms with Crippen LogP contribution in [0.1, 0.15) is 19.4 Å². The Balaban J connectivity index is 1.80. The van der Waals surface area contributed by atoms with Crippen LogP contribution in [0.5, 0.6) is 0 Å². The monoisotopic (exact) mass is 273 g/mol. The van der Waals surface area contributed by atoms with Crippen molar-refractivity contribution in [3.05, 3.63) is 42.5 Å². The second kappa shape index (κ2) is 6.70. The lowest BCUT2D eigenvalue weighted by Crippen LogP contribution is -2.26. The van der Waals surface area contributed by atoms with Gasteiger partial charge in [0.15, 0.2) is 0 Å². The number of amides is 1. The summed E-state index contributed by atoms with van der Waals surface area (Å²) in [5.41, 5.74) is 2.15. The van der Waals surface area contributed by atoms with Crippen LogP contribution in [-0.2, 0) is 17.9 Å². The Kier molecular flexibility index (Phi) is 4.70. The summed E-state index contributed by atoms with van der Waals surface area (Å²) in [5.74, 6) is -0.0609. The van der Waals surface area contributed by atoms with Crippen LogP contribution in [0.3, 0.4) is 0 Å². The van der Waals surface area contributed by atoms with Crippen molar-refractivity contribution in [1.82, 2.24) is 20.1 Å². The number of hydrogen-bond donors (Lipinski definition) is 2.